The summed E-state index contributed by atoms with van der Waals surface area (Å²) in [7, 11) is 1.58. The van der Waals surface area contributed by atoms with Crippen LogP contribution in [-0.4, -0.2) is 61.4 Å². The summed E-state index contributed by atoms with van der Waals surface area (Å²) in [6, 6.07) is 11.3. The highest BCUT2D eigenvalue weighted by atomic mass is 35.5. The fraction of sp³-hybridized carbons (Fsp3) is 0.364. The molecule has 6 nitrogen and oxygen atoms in total. The molecule has 30 heavy (non-hydrogen) atoms. The van der Waals surface area contributed by atoms with E-state index in [-0.39, 0.29) is 35.4 Å². The van der Waals surface area contributed by atoms with Crippen LogP contribution in [0.1, 0.15) is 22.3 Å². The number of amides is 2. The number of rotatable bonds is 7. The molecule has 0 radical (unpaired) electrons. The Morgan fingerprint density at radius 2 is 1.97 bits per heavy atom. The Balaban J connectivity index is 1.76. The molecule has 1 N–H and O–H groups in total. The van der Waals surface area contributed by atoms with Gasteiger partial charge in [0, 0.05) is 51.3 Å². The van der Waals surface area contributed by atoms with Crippen LogP contribution in [0.3, 0.4) is 0 Å². The van der Waals surface area contributed by atoms with Gasteiger partial charge in [0.1, 0.15) is 11.6 Å². The third kappa shape index (κ3) is 5.70. The van der Waals surface area contributed by atoms with E-state index in [1.807, 2.05) is 24.3 Å². The van der Waals surface area contributed by atoms with Crippen molar-refractivity contribution in [3.63, 3.8) is 0 Å². The largest absolute Gasteiger partial charge is 0.497 e. The first-order chi connectivity index (χ1) is 14.5. The summed E-state index contributed by atoms with van der Waals surface area (Å²) in [5, 5.41) is 3.10. The normalized spacial score (nSPS) is 13.8. The van der Waals surface area contributed by atoms with Crippen molar-refractivity contribution >= 4 is 23.4 Å². The van der Waals surface area contributed by atoms with Gasteiger partial charge in [-0.15, -0.1) is 0 Å². The second kappa shape index (κ2) is 10.4. The van der Waals surface area contributed by atoms with Crippen LogP contribution in [0.15, 0.2) is 42.5 Å². The van der Waals surface area contributed by atoms with Crippen LogP contribution in [0, 0.1) is 5.82 Å². The van der Waals surface area contributed by atoms with E-state index in [0.717, 1.165) is 18.7 Å². The van der Waals surface area contributed by atoms with E-state index in [0.29, 0.717) is 25.4 Å². The Morgan fingerprint density at radius 1 is 1.20 bits per heavy atom. The highest BCUT2D eigenvalue weighted by Crippen LogP contribution is 2.20. The standard InChI is InChI=1S/C22H25ClFN3O3/c1-30-18-4-2-3-16(13-18)15-27(10-7-21(28)26-11-8-25-9-12-26)22(29)17-5-6-20(24)19(23)14-17/h2-6,13-14,25H,7-12,15H2,1H3. The fourth-order valence-electron chi connectivity index (χ4n) is 3.36. The first kappa shape index (κ1) is 22.1. The van der Waals surface area contributed by atoms with E-state index in [1.165, 1.54) is 18.2 Å². The zero-order valence-electron chi connectivity index (χ0n) is 16.9. The van der Waals surface area contributed by atoms with Gasteiger partial charge in [-0.2, -0.15) is 0 Å². The number of ether oxygens (including phenoxy) is 1. The molecule has 0 spiro atoms. The highest BCUT2D eigenvalue weighted by Gasteiger charge is 2.21. The minimum Gasteiger partial charge on any atom is -0.497 e. The Kier molecular flexibility index (Phi) is 7.65. The number of carbonyl (C=O) groups is 2. The van der Waals surface area contributed by atoms with Crippen molar-refractivity contribution in [1.29, 1.82) is 0 Å². The molecule has 0 saturated carbocycles. The van der Waals surface area contributed by atoms with Gasteiger partial charge in [-0.3, -0.25) is 9.59 Å². The molecule has 2 aromatic rings. The number of piperazine rings is 1. The number of carbonyl (C=O) groups excluding carboxylic acids is 2. The van der Waals surface area contributed by atoms with Gasteiger partial charge in [-0.1, -0.05) is 23.7 Å². The number of benzene rings is 2. The molecule has 1 fully saturated rings. The average molecular weight is 434 g/mol. The second-order valence-corrected chi connectivity index (χ2v) is 7.50. The molecule has 0 bridgehead atoms. The zero-order valence-corrected chi connectivity index (χ0v) is 17.6. The van der Waals surface area contributed by atoms with Gasteiger partial charge in [0.05, 0.1) is 12.1 Å². The first-order valence-electron chi connectivity index (χ1n) is 9.83. The monoisotopic (exact) mass is 433 g/mol. The maximum atomic E-state index is 13.5. The number of hydrogen-bond acceptors (Lipinski definition) is 4. The molecule has 8 heteroatoms. The number of hydrogen-bond donors (Lipinski definition) is 1. The van der Waals surface area contributed by atoms with Gasteiger partial charge < -0.3 is 19.9 Å². The molecule has 1 saturated heterocycles. The summed E-state index contributed by atoms with van der Waals surface area (Å²) in [4.78, 5) is 29.1. The molecule has 0 aromatic heterocycles. The Hall–Kier alpha value is -2.64. The van der Waals surface area contributed by atoms with E-state index in [1.54, 1.807) is 16.9 Å². The topological polar surface area (TPSA) is 61.9 Å². The summed E-state index contributed by atoms with van der Waals surface area (Å²) < 4.78 is 18.8. The average Bonchev–Trinajstić information content (AvgIpc) is 2.78. The van der Waals surface area contributed by atoms with Gasteiger partial charge >= 0.3 is 0 Å². The van der Waals surface area contributed by atoms with E-state index in [9.17, 15) is 14.0 Å². The van der Waals surface area contributed by atoms with Crippen molar-refractivity contribution in [2.45, 2.75) is 13.0 Å². The summed E-state index contributed by atoms with van der Waals surface area (Å²) in [6.45, 7) is 3.40. The van der Waals surface area contributed by atoms with Crippen LogP contribution in [0.25, 0.3) is 0 Å². The van der Waals surface area contributed by atoms with Gasteiger partial charge in [-0.05, 0) is 35.9 Å². The number of halogens is 2. The summed E-state index contributed by atoms with van der Waals surface area (Å²) in [5.74, 6) is -0.201. The molecule has 1 aliphatic rings. The molecular formula is C22H25ClFN3O3. The van der Waals surface area contributed by atoms with Gasteiger partial charge in [0.15, 0.2) is 0 Å². The third-order valence-corrected chi connectivity index (χ3v) is 5.32. The molecule has 3 rings (SSSR count). The van der Waals surface area contributed by atoms with Crippen LogP contribution in [0.2, 0.25) is 5.02 Å². The number of nitrogens with one attached hydrogen (secondary N) is 1. The smallest absolute Gasteiger partial charge is 0.254 e. The third-order valence-electron chi connectivity index (χ3n) is 5.03. The van der Waals surface area contributed by atoms with E-state index in [2.05, 4.69) is 5.32 Å². The van der Waals surface area contributed by atoms with Crippen molar-refractivity contribution in [1.82, 2.24) is 15.1 Å². The Bertz CT molecular complexity index is 903. The molecule has 2 amide bonds. The van der Waals surface area contributed by atoms with Crippen molar-refractivity contribution in [3.8, 4) is 5.75 Å². The van der Waals surface area contributed by atoms with Crippen molar-refractivity contribution < 1.29 is 18.7 Å². The van der Waals surface area contributed by atoms with Crippen molar-refractivity contribution in [3.05, 3.63) is 64.4 Å². The second-order valence-electron chi connectivity index (χ2n) is 7.09. The molecule has 1 heterocycles. The van der Waals surface area contributed by atoms with E-state index in [4.69, 9.17) is 16.3 Å². The molecular weight excluding hydrogens is 409 g/mol. The fourth-order valence-corrected chi connectivity index (χ4v) is 3.54. The predicted octanol–water partition coefficient (Wildman–Crippen LogP) is 2.95. The quantitative estimate of drug-likeness (QED) is 0.729. The minimum atomic E-state index is -0.582. The SMILES string of the molecule is COc1cccc(CN(CCC(=O)N2CCNCC2)C(=O)c2ccc(F)c(Cl)c2)c1. The lowest BCUT2D eigenvalue weighted by molar-refractivity contribution is -0.132. The highest BCUT2D eigenvalue weighted by molar-refractivity contribution is 6.31. The van der Waals surface area contributed by atoms with Gasteiger partial charge in [0.25, 0.3) is 5.91 Å². The molecule has 1 aliphatic heterocycles. The van der Waals surface area contributed by atoms with Crippen LogP contribution in [0.4, 0.5) is 4.39 Å². The van der Waals surface area contributed by atoms with Crippen LogP contribution >= 0.6 is 11.6 Å². The van der Waals surface area contributed by atoms with E-state index >= 15 is 0 Å². The maximum Gasteiger partial charge on any atom is 0.254 e. The Labute approximate surface area is 180 Å². The van der Waals surface area contributed by atoms with Gasteiger partial charge in [-0.25, -0.2) is 4.39 Å². The molecule has 160 valence electrons. The zero-order chi connectivity index (χ0) is 21.5. The first-order valence-corrected chi connectivity index (χ1v) is 10.2. The predicted molar refractivity (Wildman–Crippen MR) is 113 cm³/mol. The number of nitrogens with zero attached hydrogens (tertiary/aromatic N) is 2. The van der Waals surface area contributed by atoms with Crippen LogP contribution < -0.4 is 10.1 Å². The summed E-state index contributed by atoms with van der Waals surface area (Å²) >= 11 is 5.86. The minimum absolute atomic E-state index is 0.0112. The molecule has 0 aliphatic carbocycles. The lowest BCUT2D eigenvalue weighted by Crippen LogP contribution is -2.47. The summed E-state index contributed by atoms with van der Waals surface area (Å²) in [5.41, 5.74) is 1.14. The molecule has 0 atom stereocenters. The maximum absolute atomic E-state index is 13.5. The Morgan fingerprint density at radius 3 is 2.67 bits per heavy atom. The van der Waals surface area contributed by atoms with Crippen molar-refractivity contribution in [2.24, 2.45) is 0 Å². The lowest BCUT2D eigenvalue weighted by atomic mass is 10.1. The molecule has 2 aromatic carbocycles. The van der Waals surface area contributed by atoms with Crippen molar-refractivity contribution in [2.75, 3.05) is 39.8 Å². The van der Waals surface area contributed by atoms with E-state index < -0.39 is 5.82 Å². The summed E-state index contributed by atoms with van der Waals surface area (Å²) in [6.07, 6.45) is 0.213. The van der Waals surface area contributed by atoms with Crippen LogP contribution in [-0.2, 0) is 11.3 Å². The number of methoxy groups -OCH3 is 1. The molecule has 0 unspecified atom stereocenters. The van der Waals surface area contributed by atoms with Crippen LogP contribution in [0.5, 0.6) is 5.75 Å². The van der Waals surface area contributed by atoms with Gasteiger partial charge in [0.2, 0.25) is 5.91 Å². The lowest BCUT2D eigenvalue weighted by Gasteiger charge is -2.29.